The fraction of sp³-hybridized carbons (Fsp3) is 0.275. The van der Waals surface area contributed by atoms with Crippen molar-refractivity contribution in [1.29, 1.82) is 0 Å². The molecule has 0 aliphatic carbocycles. The molecule has 4 amide bonds. The smallest absolute Gasteiger partial charge is 0.416 e. The van der Waals surface area contributed by atoms with Gasteiger partial charge in [0.25, 0.3) is 11.8 Å². The zero-order valence-electron chi connectivity index (χ0n) is 29.8. The van der Waals surface area contributed by atoms with Crippen LogP contribution in [0.4, 0.5) is 18.9 Å². The van der Waals surface area contributed by atoms with Gasteiger partial charge in [-0.3, -0.25) is 24.0 Å². The maximum atomic E-state index is 13.7. The zero-order valence-corrected chi connectivity index (χ0v) is 29.8. The summed E-state index contributed by atoms with van der Waals surface area (Å²) in [6.45, 7) is 5.37. The van der Waals surface area contributed by atoms with Crippen LogP contribution in [0.3, 0.4) is 0 Å². The molecular weight excluding hydrogens is 689 g/mol. The van der Waals surface area contributed by atoms with Crippen molar-refractivity contribution in [3.05, 3.63) is 125 Å². The van der Waals surface area contributed by atoms with Crippen LogP contribution in [-0.4, -0.2) is 67.8 Å². The minimum Gasteiger partial charge on any atom is -0.463 e. The van der Waals surface area contributed by atoms with Gasteiger partial charge in [-0.1, -0.05) is 66.7 Å². The van der Waals surface area contributed by atoms with E-state index in [-0.39, 0.29) is 36.3 Å². The molecule has 0 spiro atoms. The Morgan fingerprint density at radius 3 is 1.91 bits per heavy atom. The molecule has 4 aromatic carbocycles. The zero-order chi connectivity index (χ0) is 38.8. The normalized spacial score (nSPS) is 11.3. The van der Waals surface area contributed by atoms with Gasteiger partial charge in [0.1, 0.15) is 6.61 Å². The van der Waals surface area contributed by atoms with Crippen molar-refractivity contribution in [2.45, 2.75) is 38.8 Å². The number of nitrogens with one attached hydrogen (secondary N) is 3. The summed E-state index contributed by atoms with van der Waals surface area (Å²) in [7, 11) is 1.57. The van der Waals surface area contributed by atoms with Gasteiger partial charge in [0, 0.05) is 32.2 Å². The number of carbonyl (C=O) groups excluding carboxylic acids is 5. The van der Waals surface area contributed by atoms with Crippen molar-refractivity contribution < 1.29 is 41.9 Å². The molecule has 0 aromatic heterocycles. The van der Waals surface area contributed by atoms with E-state index in [1.165, 1.54) is 41.3 Å². The van der Waals surface area contributed by atoms with E-state index in [9.17, 15) is 37.1 Å². The van der Waals surface area contributed by atoms with Gasteiger partial charge < -0.3 is 25.6 Å². The fourth-order valence-electron chi connectivity index (χ4n) is 5.63. The van der Waals surface area contributed by atoms with E-state index < -0.39 is 53.4 Å². The number of rotatable bonds is 14. The first-order valence-corrected chi connectivity index (χ1v) is 17.0. The lowest BCUT2D eigenvalue weighted by Gasteiger charge is -2.31. The Labute approximate surface area is 305 Å². The molecular formula is C40H41F3N4O6. The maximum Gasteiger partial charge on any atom is 0.416 e. The number of hydrogen-bond acceptors (Lipinski definition) is 6. The maximum absolute atomic E-state index is 13.7. The predicted molar refractivity (Wildman–Crippen MR) is 194 cm³/mol. The molecule has 13 heteroatoms. The van der Waals surface area contributed by atoms with Gasteiger partial charge in [0.2, 0.25) is 11.8 Å². The number of likely N-dealkylation sites (N-methyl/N-ethyl adjacent to an activating group) is 2. The number of halogens is 3. The molecule has 0 radical (unpaired) electrons. The van der Waals surface area contributed by atoms with Crippen LogP contribution in [0.25, 0.3) is 11.1 Å². The first kappa shape index (κ1) is 39.8. The molecule has 0 saturated heterocycles. The molecule has 0 fully saturated rings. The third-order valence-corrected chi connectivity index (χ3v) is 8.59. The first-order valence-electron chi connectivity index (χ1n) is 17.0. The summed E-state index contributed by atoms with van der Waals surface area (Å²) in [4.78, 5) is 68.8. The lowest BCUT2D eigenvalue weighted by atomic mass is 9.79. The Hall–Kier alpha value is -5.98. The summed E-state index contributed by atoms with van der Waals surface area (Å²) in [5.74, 6) is -3.12. The number of hydrogen-bond donors (Lipinski definition) is 3. The molecule has 10 nitrogen and oxygen atoms in total. The van der Waals surface area contributed by atoms with Crippen LogP contribution in [0.15, 0.2) is 97.1 Å². The van der Waals surface area contributed by atoms with Crippen LogP contribution in [0.1, 0.15) is 58.2 Å². The minimum absolute atomic E-state index is 0.0725. The van der Waals surface area contributed by atoms with Crippen molar-refractivity contribution in [3.8, 4) is 11.1 Å². The van der Waals surface area contributed by atoms with Crippen LogP contribution in [0.2, 0.25) is 0 Å². The Bertz CT molecular complexity index is 1930. The Morgan fingerprint density at radius 2 is 1.32 bits per heavy atom. The van der Waals surface area contributed by atoms with Gasteiger partial charge >= 0.3 is 12.1 Å². The highest BCUT2D eigenvalue weighted by molar-refractivity contribution is 6.12. The van der Waals surface area contributed by atoms with E-state index in [2.05, 4.69) is 16.0 Å². The SMILES string of the molecule is CCNC(=O)C(COC(=O)Cc1ccc(NC(=O)c2ccccc2-c2ccc(C(F)(F)F)cc2)c(C(=O)N(C)CC)c1)(C(=O)NCC)c1ccccc1. The van der Waals surface area contributed by atoms with E-state index in [0.717, 1.165) is 12.1 Å². The number of esters is 1. The summed E-state index contributed by atoms with van der Waals surface area (Å²) in [6.07, 6.45) is -4.85. The number of benzene rings is 4. The van der Waals surface area contributed by atoms with E-state index in [0.29, 0.717) is 28.8 Å². The third kappa shape index (κ3) is 9.28. The average molecular weight is 731 g/mol. The molecule has 0 aliphatic rings. The van der Waals surface area contributed by atoms with E-state index in [1.54, 1.807) is 76.3 Å². The molecule has 0 bridgehead atoms. The molecule has 0 atom stereocenters. The second-order valence-corrected chi connectivity index (χ2v) is 12.1. The highest BCUT2D eigenvalue weighted by atomic mass is 19.4. The number of amides is 4. The lowest BCUT2D eigenvalue weighted by Crippen LogP contribution is -2.57. The van der Waals surface area contributed by atoms with Crippen LogP contribution >= 0.6 is 0 Å². The second kappa shape index (κ2) is 17.5. The fourth-order valence-corrected chi connectivity index (χ4v) is 5.63. The number of nitrogens with zero attached hydrogens (tertiary/aromatic N) is 1. The Kier molecular flexibility index (Phi) is 13.1. The second-order valence-electron chi connectivity index (χ2n) is 12.1. The monoisotopic (exact) mass is 730 g/mol. The number of anilines is 1. The molecule has 4 aromatic rings. The van der Waals surface area contributed by atoms with Gasteiger partial charge in [0.15, 0.2) is 5.41 Å². The van der Waals surface area contributed by atoms with E-state index in [1.807, 2.05) is 0 Å². The summed E-state index contributed by atoms with van der Waals surface area (Å²) < 4.78 is 45.1. The molecule has 0 aliphatic heterocycles. The lowest BCUT2D eigenvalue weighted by molar-refractivity contribution is -0.150. The van der Waals surface area contributed by atoms with Crippen LogP contribution in [0, 0.1) is 0 Å². The average Bonchev–Trinajstić information content (AvgIpc) is 3.15. The van der Waals surface area contributed by atoms with Crippen LogP contribution in [-0.2, 0) is 37.1 Å². The van der Waals surface area contributed by atoms with Crippen molar-refractivity contribution in [2.24, 2.45) is 0 Å². The van der Waals surface area contributed by atoms with Crippen molar-refractivity contribution in [2.75, 3.05) is 38.6 Å². The van der Waals surface area contributed by atoms with Crippen molar-refractivity contribution in [3.63, 3.8) is 0 Å². The molecule has 278 valence electrons. The summed E-state index contributed by atoms with van der Waals surface area (Å²) in [5, 5.41) is 8.11. The van der Waals surface area contributed by atoms with Gasteiger partial charge in [-0.2, -0.15) is 13.2 Å². The van der Waals surface area contributed by atoms with Crippen molar-refractivity contribution >= 4 is 35.3 Å². The number of ether oxygens (including phenoxy) is 1. The number of carbonyl (C=O) groups is 5. The molecule has 4 rings (SSSR count). The van der Waals surface area contributed by atoms with Crippen LogP contribution in [0.5, 0.6) is 0 Å². The quantitative estimate of drug-likeness (QED) is 0.108. The van der Waals surface area contributed by atoms with E-state index in [4.69, 9.17) is 4.74 Å². The topological polar surface area (TPSA) is 134 Å². The Morgan fingerprint density at radius 1 is 0.717 bits per heavy atom. The Balaban J connectivity index is 1.62. The highest BCUT2D eigenvalue weighted by Gasteiger charge is 2.48. The predicted octanol–water partition coefficient (Wildman–Crippen LogP) is 6.01. The molecule has 0 saturated carbocycles. The summed E-state index contributed by atoms with van der Waals surface area (Å²) in [6, 6.07) is 23.6. The van der Waals surface area contributed by atoms with Gasteiger partial charge in [-0.05, 0) is 73.4 Å². The third-order valence-electron chi connectivity index (χ3n) is 8.59. The molecule has 0 unspecified atom stereocenters. The largest absolute Gasteiger partial charge is 0.463 e. The summed E-state index contributed by atoms with van der Waals surface area (Å²) >= 11 is 0. The summed E-state index contributed by atoms with van der Waals surface area (Å²) in [5.41, 5.74) is -0.888. The van der Waals surface area contributed by atoms with E-state index >= 15 is 0 Å². The molecule has 0 heterocycles. The standard InChI is InChI=1S/C40H41F3N4O6/c1-5-44-37(51)39(38(52)45-6-2,28-13-9-8-10-14-28)25-53-34(48)24-26-17-22-33(32(23-26)36(50)47(4)7-3)46-35(49)31-16-12-11-15-30(31)27-18-20-29(21-19-27)40(41,42)43/h8-23H,5-7,24-25H2,1-4H3,(H,44,51)(H,45,52)(H,46,49). The number of alkyl halides is 3. The van der Waals surface area contributed by atoms with Gasteiger partial charge in [0.05, 0.1) is 23.2 Å². The molecule has 53 heavy (non-hydrogen) atoms. The van der Waals surface area contributed by atoms with Gasteiger partial charge in [-0.25, -0.2) is 0 Å². The highest BCUT2D eigenvalue weighted by Crippen LogP contribution is 2.33. The minimum atomic E-state index is -4.52. The van der Waals surface area contributed by atoms with Gasteiger partial charge in [-0.15, -0.1) is 0 Å². The van der Waals surface area contributed by atoms with Crippen molar-refractivity contribution in [1.82, 2.24) is 15.5 Å². The first-order chi connectivity index (χ1) is 25.3. The van der Waals surface area contributed by atoms with Crippen LogP contribution < -0.4 is 16.0 Å². The molecule has 3 N–H and O–H groups in total.